The van der Waals surface area contributed by atoms with Crippen molar-refractivity contribution in [2.75, 3.05) is 20.7 Å². The van der Waals surface area contributed by atoms with Crippen molar-refractivity contribution in [2.45, 2.75) is 13.0 Å². The minimum Gasteiger partial charge on any atom is -0.494 e. The van der Waals surface area contributed by atoms with Gasteiger partial charge in [-0.05, 0) is 17.7 Å². The molecule has 0 saturated heterocycles. The number of rotatable bonds is 5. The molecule has 1 rings (SSSR count). The average molecular weight is 240 g/mol. The number of nitrogens with zero attached hydrogens (tertiary/aromatic N) is 1. The Hall–Kier alpha value is -1.62. The van der Waals surface area contributed by atoms with Crippen molar-refractivity contribution in [2.24, 2.45) is 5.73 Å². The highest BCUT2D eigenvalue weighted by Gasteiger charge is 2.10. The van der Waals surface area contributed by atoms with E-state index in [4.69, 9.17) is 10.5 Å². The summed E-state index contributed by atoms with van der Waals surface area (Å²) in [6.07, 6.45) is 0.301. The summed E-state index contributed by atoms with van der Waals surface area (Å²) in [5.74, 6) is -0.280. The van der Waals surface area contributed by atoms with Crippen LogP contribution in [0.4, 0.5) is 4.39 Å². The van der Waals surface area contributed by atoms with Crippen LogP contribution in [0, 0.1) is 5.82 Å². The number of carbonyl (C=O) groups excluding carboxylic acids is 1. The average Bonchev–Trinajstić information content (AvgIpc) is 2.29. The number of hydrogen-bond donors (Lipinski definition) is 1. The van der Waals surface area contributed by atoms with Crippen LogP contribution in [0.3, 0.4) is 0 Å². The molecule has 0 radical (unpaired) electrons. The molecule has 0 aliphatic heterocycles. The number of halogens is 1. The van der Waals surface area contributed by atoms with Crippen LogP contribution in [0.5, 0.6) is 5.75 Å². The molecule has 1 aromatic carbocycles. The van der Waals surface area contributed by atoms with Crippen LogP contribution >= 0.6 is 0 Å². The highest BCUT2D eigenvalue weighted by atomic mass is 19.1. The maximum absolute atomic E-state index is 13.4. The summed E-state index contributed by atoms with van der Waals surface area (Å²) in [6.45, 7) is 0.680. The molecule has 0 spiro atoms. The molecule has 17 heavy (non-hydrogen) atoms. The van der Waals surface area contributed by atoms with Crippen LogP contribution in [-0.4, -0.2) is 31.5 Å². The fourth-order valence-electron chi connectivity index (χ4n) is 1.48. The second-order valence-electron chi connectivity index (χ2n) is 3.76. The van der Waals surface area contributed by atoms with Crippen molar-refractivity contribution < 1.29 is 13.9 Å². The Bertz CT molecular complexity index is 396. The molecule has 94 valence electrons. The Labute approximate surface area is 100 Å². The third kappa shape index (κ3) is 3.71. The van der Waals surface area contributed by atoms with Gasteiger partial charge in [0.25, 0.3) is 0 Å². The maximum Gasteiger partial charge on any atom is 0.223 e. The number of nitrogens with two attached hydrogens (primary N) is 1. The summed E-state index contributed by atoms with van der Waals surface area (Å²) in [5.41, 5.74) is 6.02. The van der Waals surface area contributed by atoms with Crippen LogP contribution in [0.2, 0.25) is 0 Å². The Kier molecular flexibility index (Phi) is 4.90. The second kappa shape index (κ2) is 6.20. The monoisotopic (exact) mass is 240 g/mol. The van der Waals surface area contributed by atoms with Gasteiger partial charge in [-0.15, -0.1) is 0 Å². The molecule has 0 atom stereocenters. The topological polar surface area (TPSA) is 55.6 Å². The second-order valence-corrected chi connectivity index (χ2v) is 3.76. The summed E-state index contributed by atoms with van der Waals surface area (Å²) in [7, 11) is 3.08. The lowest BCUT2D eigenvalue weighted by Gasteiger charge is -2.17. The normalized spacial score (nSPS) is 10.1. The summed E-state index contributed by atoms with van der Waals surface area (Å²) in [5, 5.41) is 0. The van der Waals surface area contributed by atoms with Crippen LogP contribution in [0.1, 0.15) is 12.0 Å². The van der Waals surface area contributed by atoms with Crippen LogP contribution < -0.4 is 10.5 Å². The van der Waals surface area contributed by atoms with E-state index in [1.807, 2.05) is 0 Å². The Morgan fingerprint density at radius 1 is 1.53 bits per heavy atom. The first kappa shape index (κ1) is 13.4. The first-order chi connectivity index (χ1) is 8.08. The van der Waals surface area contributed by atoms with Gasteiger partial charge in [-0.3, -0.25) is 4.79 Å². The number of carbonyl (C=O) groups is 1. The van der Waals surface area contributed by atoms with Gasteiger partial charge in [0.1, 0.15) is 0 Å². The Morgan fingerprint density at radius 3 is 2.76 bits per heavy atom. The molecule has 0 aromatic heterocycles. The summed E-state index contributed by atoms with van der Waals surface area (Å²) >= 11 is 0. The molecular formula is C12H17FN2O2. The Morgan fingerprint density at radius 2 is 2.24 bits per heavy atom. The van der Waals surface area contributed by atoms with E-state index in [0.717, 1.165) is 5.56 Å². The zero-order valence-corrected chi connectivity index (χ0v) is 10.1. The first-order valence-electron chi connectivity index (χ1n) is 5.35. The molecule has 0 saturated carbocycles. The van der Waals surface area contributed by atoms with Gasteiger partial charge in [0.15, 0.2) is 11.6 Å². The highest BCUT2D eigenvalue weighted by molar-refractivity contribution is 5.76. The molecule has 0 heterocycles. The lowest BCUT2D eigenvalue weighted by molar-refractivity contribution is -0.130. The third-order valence-electron chi connectivity index (χ3n) is 2.42. The largest absolute Gasteiger partial charge is 0.494 e. The van der Waals surface area contributed by atoms with Gasteiger partial charge in [0.2, 0.25) is 5.91 Å². The molecule has 5 heteroatoms. The molecule has 2 N–H and O–H groups in total. The van der Waals surface area contributed by atoms with E-state index in [2.05, 4.69) is 0 Å². The smallest absolute Gasteiger partial charge is 0.223 e. The van der Waals surface area contributed by atoms with E-state index in [0.29, 0.717) is 19.5 Å². The standard InChI is InChI=1S/C12H17FN2O2/c1-15(12(16)5-6-14)8-9-3-4-11(17-2)10(13)7-9/h3-4,7H,5-6,8,14H2,1-2H3. The Balaban J connectivity index is 2.68. The van der Waals surface area contributed by atoms with Crippen molar-refractivity contribution in [1.29, 1.82) is 0 Å². The molecule has 1 amide bonds. The number of benzene rings is 1. The third-order valence-corrected chi connectivity index (χ3v) is 2.42. The quantitative estimate of drug-likeness (QED) is 0.839. The van der Waals surface area contributed by atoms with Gasteiger partial charge in [-0.25, -0.2) is 4.39 Å². The predicted octanol–water partition coefficient (Wildman–Crippen LogP) is 1.14. The molecular weight excluding hydrogens is 223 g/mol. The van der Waals surface area contributed by atoms with Gasteiger partial charge in [-0.1, -0.05) is 6.07 Å². The van der Waals surface area contributed by atoms with Crippen molar-refractivity contribution >= 4 is 5.91 Å². The van der Waals surface area contributed by atoms with Crippen molar-refractivity contribution in [1.82, 2.24) is 4.90 Å². The van der Waals surface area contributed by atoms with Crippen molar-refractivity contribution in [3.05, 3.63) is 29.6 Å². The number of hydrogen-bond acceptors (Lipinski definition) is 3. The number of amides is 1. The van der Waals surface area contributed by atoms with E-state index in [-0.39, 0.29) is 11.7 Å². The van der Waals surface area contributed by atoms with Crippen LogP contribution in [0.25, 0.3) is 0 Å². The minimum absolute atomic E-state index is 0.0521. The maximum atomic E-state index is 13.4. The van der Waals surface area contributed by atoms with E-state index < -0.39 is 5.82 Å². The molecule has 0 aliphatic rings. The van der Waals surface area contributed by atoms with Crippen molar-refractivity contribution in [3.63, 3.8) is 0 Å². The van der Waals surface area contributed by atoms with E-state index in [1.54, 1.807) is 19.2 Å². The van der Waals surface area contributed by atoms with E-state index in [1.165, 1.54) is 18.1 Å². The van der Waals surface area contributed by atoms with Gasteiger partial charge in [0.05, 0.1) is 7.11 Å². The van der Waals surface area contributed by atoms with Gasteiger partial charge in [-0.2, -0.15) is 0 Å². The van der Waals surface area contributed by atoms with Gasteiger partial charge < -0.3 is 15.4 Å². The SMILES string of the molecule is COc1ccc(CN(C)C(=O)CCN)cc1F. The van der Waals surface area contributed by atoms with E-state index >= 15 is 0 Å². The fourth-order valence-corrected chi connectivity index (χ4v) is 1.48. The summed E-state index contributed by atoms with van der Waals surface area (Å²) in [4.78, 5) is 13.0. The molecule has 0 unspecified atom stereocenters. The van der Waals surface area contributed by atoms with Crippen LogP contribution in [0.15, 0.2) is 18.2 Å². The lowest BCUT2D eigenvalue weighted by atomic mass is 10.2. The van der Waals surface area contributed by atoms with Gasteiger partial charge in [0, 0.05) is 26.6 Å². The molecule has 0 fully saturated rings. The van der Waals surface area contributed by atoms with Gasteiger partial charge >= 0.3 is 0 Å². The summed E-state index contributed by atoms with van der Waals surface area (Å²) in [6, 6.07) is 4.64. The minimum atomic E-state index is -0.426. The lowest BCUT2D eigenvalue weighted by Crippen LogP contribution is -2.27. The number of methoxy groups -OCH3 is 1. The zero-order valence-electron chi connectivity index (χ0n) is 10.1. The number of ether oxygens (including phenoxy) is 1. The van der Waals surface area contributed by atoms with E-state index in [9.17, 15) is 9.18 Å². The molecule has 0 aliphatic carbocycles. The zero-order chi connectivity index (χ0) is 12.8. The predicted molar refractivity (Wildman–Crippen MR) is 63.1 cm³/mol. The van der Waals surface area contributed by atoms with Crippen LogP contribution in [-0.2, 0) is 11.3 Å². The fraction of sp³-hybridized carbons (Fsp3) is 0.417. The molecule has 4 nitrogen and oxygen atoms in total. The highest BCUT2D eigenvalue weighted by Crippen LogP contribution is 2.18. The summed E-state index contributed by atoms with van der Waals surface area (Å²) < 4.78 is 18.2. The van der Waals surface area contributed by atoms with Crippen molar-refractivity contribution in [3.8, 4) is 5.75 Å². The molecule has 0 bridgehead atoms. The first-order valence-corrected chi connectivity index (χ1v) is 5.35. The molecule has 1 aromatic rings.